The lowest BCUT2D eigenvalue weighted by Crippen LogP contribution is -2.36. The molecule has 28 heavy (non-hydrogen) atoms. The molecule has 1 amide bonds. The van der Waals surface area contributed by atoms with Crippen LogP contribution >= 0.6 is 23.2 Å². The van der Waals surface area contributed by atoms with Gasteiger partial charge in [0, 0.05) is 27.4 Å². The Morgan fingerprint density at radius 3 is 2.43 bits per heavy atom. The van der Waals surface area contributed by atoms with Crippen molar-refractivity contribution < 1.29 is 9.18 Å². The van der Waals surface area contributed by atoms with Crippen molar-refractivity contribution in [2.45, 2.75) is 0 Å². The van der Waals surface area contributed by atoms with Gasteiger partial charge in [0.15, 0.2) is 0 Å². The minimum Gasteiger partial charge on any atom is -0.325 e. The van der Waals surface area contributed by atoms with Crippen molar-refractivity contribution in [1.29, 1.82) is 0 Å². The molecule has 0 atom stereocenters. The van der Waals surface area contributed by atoms with Crippen molar-refractivity contribution in [1.82, 2.24) is 10.3 Å². The number of hydrogen-bond donors (Lipinski definition) is 3. The molecule has 0 spiro atoms. The van der Waals surface area contributed by atoms with Gasteiger partial charge in [-0.2, -0.15) is 4.99 Å². The molecule has 3 N–H and O–H groups in total. The van der Waals surface area contributed by atoms with Crippen molar-refractivity contribution in [2.75, 3.05) is 5.32 Å². The number of nitrogens with zero attached hydrogens (tertiary/aromatic N) is 1. The third-order valence-electron chi connectivity index (χ3n) is 3.45. The number of carbonyl (C=O) groups excluding carboxylic acids is 1. The first kappa shape index (κ1) is 19.6. The number of guanidine groups is 1. The van der Waals surface area contributed by atoms with E-state index in [4.69, 9.17) is 23.2 Å². The molecular formula is C19H13Cl2FN4O2. The molecule has 0 fully saturated rings. The van der Waals surface area contributed by atoms with Crippen molar-refractivity contribution in [3.8, 4) is 0 Å². The van der Waals surface area contributed by atoms with E-state index in [1.807, 2.05) is 0 Å². The Hall–Kier alpha value is -3.16. The molecule has 3 rings (SSSR count). The van der Waals surface area contributed by atoms with E-state index in [0.29, 0.717) is 10.6 Å². The third-order valence-corrected chi connectivity index (χ3v) is 3.92. The van der Waals surface area contributed by atoms with Gasteiger partial charge < -0.3 is 10.3 Å². The number of pyridine rings is 1. The van der Waals surface area contributed by atoms with E-state index in [0.717, 1.165) is 6.07 Å². The zero-order chi connectivity index (χ0) is 20.1. The lowest BCUT2D eigenvalue weighted by atomic mass is 10.2. The summed E-state index contributed by atoms with van der Waals surface area (Å²) in [5.41, 5.74) is 0.231. The zero-order valence-electron chi connectivity index (χ0n) is 14.2. The van der Waals surface area contributed by atoms with Gasteiger partial charge in [-0.25, -0.2) is 4.39 Å². The van der Waals surface area contributed by atoms with Gasteiger partial charge in [-0.1, -0.05) is 29.3 Å². The second kappa shape index (κ2) is 8.69. The highest BCUT2D eigenvalue weighted by Gasteiger charge is 2.11. The fourth-order valence-corrected chi connectivity index (χ4v) is 2.60. The molecule has 1 aromatic heterocycles. The molecule has 2 aromatic carbocycles. The van der Waals surface area contributed by atoms with Crippen LogP contribution in [0.25, 0.3) is 0 Å². The van der Waals surface area contributed by atoms with E-state index < -0.39 is 11.7 Å². The second-order valence-electron chi connectivity index (χ2n) is 5.60. The molecule has 0 aliphatic carbocycles. The number of carbonyl (C=O) groups is 1. The Balaban J connectivity index is 1.92. The number of aromatic nitrogens is 1. The summed E-state index contributed by atoms with van der Waals surface area (Å²) in [6, 6.07) is 14.4. The average Bonchev–Trinajstić information content (AvgIpc) is 2.61. The molecule has 0 bridgehead atoms. The first-order valence-electron chi connectivity index (χ1n) is 7.97. The minimum atomic E-state index is -0.563. The fourth-order valence-electron chi connectivity index (χ4n) is 2.25. The summed E-state index contributed by atoms with van der Waals surface area (Å²) >= 11 is 11.7. The van der Waals surface area contributed by atoms with Gasteiger partial charge in [-0.05, 0) is 48.5 Å². The van der Waals surface area contributed by atoms with Crippen LogP contribution in [-0.4, -0.2) is 16.9 Å². The van der Waals surface area contributed by atoms with Crippen molar-refractivity contribution in [2.24, 2.45) is 4.99 Å². The van der Waals surface area contributed by atoms with Crippen LogP contribution < -0.4 is 16.2 Å². The topological polar surface area (TPSA) is 86.3 Å². The van der Waals surface area contributed by atoms with Crippen LogP contribution in [0, 0.1) is 5.82 Å². The summed E-state index contributed by atoms with van der Waals surface area (Å²) < 4.78 is 13.6. The molecule has 142 valence electrons. The monoisotopic (exact) mass is 418 g/mol. The van der Waals surface area contributed by atoms with E-state index in [1.165, 1.54) is 30.3 Å². The first-order chi connectivity index (χ1) is 13.4. The minimum absolute atomic E-state index is 0.0385. The highest BCUT2D eigenvalue weighted by atomic mass is 35.5. The van der Waals surface area contributed by atoms with E-state index >= 15 is 0 Å². The maximum Gasteiger partial charge on any atom is 0.257 e. The van der Waals surface area contributed by atoms with Gasteiger partial charge in [0.25, 0.3) is 5.91 Å². The quantitative estimate of drug-likeness (QED) is 0.436. The molecule has 3 aromatic rings. The van der Waals surface area contributed by atoms with Crippen LogP contribution in [0.1, 0.15) is 10.4 Å². The van der Waals surface area contributed by atoms with E-state index in [9.17, 15) is 14.0 Å². The number of rotatable bonds is 3. The summed E-state index contributed by atoms with van der Waals surface area (Å²) in [5.74, 6) is -0.896. The second-order valence-corrected chi connectivity index (χ2v) is 6.48. The number of nitrogens with one attached hydrogen (secondary N) is 3. The number of aliphatic imine (C=N–C) groups is 1. The molecule has 0 aliphatic rings. The van der Waals surface area contributed by atoms with E-state index in [-0.39, 0.29) is 28.0 Å². The van der Waals surface area contributed by atoms with Crippen LogP contribution in [0.2, 0.25) is 10.0 Å². The number of amides is 1. The molecule has 0 aliphatic heterocycles. The van der Waals surface area contributed by atoms with E-state index in [1.54, 1.807) is 24.3 Å². The Morgan fingerprint density at radius 2 is 1.75 bits per heavy atom. The van der Waals surface area contributed by atoms with Crippen molar-refractivity contribution in [3.63, 3.8) is 0 Å². The Bertz CT molecular complexity index is 1080. The van der Waals surface area contributed by atoms with Gasteiger partial charge in [0.05, 0.1) is 0 Å². The Kier molecular flexibility index (Phi) is 6.08. The maximum absolute atomic E-state index is 13.6. The van der Waals surface area contributed by atoms with Crippen LogP contribution in [0.4, 0.5) is 15.9 Å². The van der Waals surface area contributed by atoms with Crippen LogP contribution in [-0.2, 0) is 0 Å². The zero-order valence-corrected chi connectivity index (χ0v) is 15.7. The molecule has 6 nitrogen and oxygen atoms in total. The molecule has 1 heterocycles. The van der Waals surface area contributed by atoms with Crippen molar-refractivity contribution in [3.05, 3.63) is 92.4 Å². The van der Waals surface area contributed by atoms with Crippen LogP contribution in [0.5, 0.6) is 0 Å². The fraction of sp³-hybridized carbons (Fsp3) is 0. The highest BCUT2D eigenvalue weighted by molar-refractivity contribution is 6.31. The molecular weight excluding hydrogens is 406 g/mol. The lowest BCUT2D eigenvalue weighted by Gasteiger charge is -2.12. The smallest absolute Gasteiger partial charge is 0.257 e. The molecule has 0 saturated carbocycles. The van der Waals surface area contributed by atoms with Gasteiger partial charge in [0.1, 0.15) is 11.6 Å². The standard InChI is InChI=1S/C19H13Cl2FN4O2/c20-12-6-4-11(5-7-12)18(28)26-19(25-16-2-1-3-17(27)24-16)23-15-9-13(21)8-14(22)10-15/h1-10H,(H3,23,24,25,26,27,28). The molecule has 9 heteroatoms. The molecule has 0 radical (unpaired) electrons. The van der Waals surface area contributed by atoms with Crippen molar-refractivity contribution >= 4 is 46.6 Å². The van der Waals surface area contributed by atoms with E-state index in [2.05, 4.69) is 20.6 Å². The largest absolute Gasteiger partial charge is 0.325 e. The predicted molar refractivity (Wildman–Crippen MR) is 108 cm³/mol. The van der Waals surface area contributed by atoms with Gasteiger partial charge in [0.2, 0.25) is 11.5 Å². The summed E-state index contributed by atoms with van der Waals surface area (Å²) in [6.07, 6.45) is 0. The first-order valence-corrected chi connectivity index (χ1v) is 8.73. The summed E-state index contributed by atoms with van der Waals surface area (Å²) in [4.78, 5) is 30.7. The Labute approximate surface area is 169 Å². The predicted octanol–water partition coefficient (Wildman–Crippen LogP) is 4.35. The SMILES string of the molecule is O=C(NC(=Nc1cccc(=O)[nH]1)Nc1cc(F)cc(Cl)c1)c1ccc(Cl)cc1. The maximum atomic E-state index is 13.6. The number of benzene rings is 2. The summed E-state index contributed by atoms with van der Waals surface area (Å²) in [7, 11) is 0. The van der Waals surface area contributed by atoms with Gasteiger partial charge >= 0.3 is 0 Å². The normalized spacial score (nSPS) is 11.2. The number of halogens is 3. The van der Waals surface area contributed by atoms with Gasteiger partial charge in [-0.15, -0.1) is 0 Å². The number of aromatic amines is 1. The number of H-pyrrole nitrogens is 1. The van der Waals surface area contributed by atoms with Crippen LogP contribution in [0.3, 0.4) is 0 Å². The Morgan fingerprint density at radius 1 is 1.00 bits per heavy atom. The summed E-state index contributed by atoms with van der Waals surface area (Å²) in [6.45, 7) is 0. The number of hydrogen-bond acceptors (Lipinski definition) is 3. The molecule has 0 saturated heterocycles. The van der Waals surface area contributed by atoms with Crippen LogP contribution in [0.15, 0.2) is 70.5 Å². The van der Waals surface area contributed by atoms with Gasteiger partial charge in [-0.3, -0.25) is 14.9 Å². The third kappa shape index (κ3) is 5.42. The average molecular weight is 419 g/mol. The number of anilines is 1. The lowest BCUT2D eigenvalue weighted by molar-refractivity contribution is 0.0977. The summed E-state index contributed by atoms with van der Waals surface area (Å²) in [5, 5.41) is 6.02. The highest BCUT2D eigenvalue weighted by Crippen LogP contribution is 2.18. The molecule has 0 unspecified atom stereocenters.